The first-order chi connectivity index (χ1) is 14.4. The molecule has 2 heterocycles. The molecule has 2 aromatic rings. The molecule has 0 aromatic heterocycles. The number of imide groups is 1. The number of hydrogen-bond acceptors (Lipinski definition) is 4. The van der Waals surface area contributed by atoms with Gasteiger partial charge in [0.2, 0.25) is 0 Å². The van der Waals surface area contributed by atoms with Gasteiger partial charge in [0, 0.05) is 31.2 Å². The Morgan fingerprint density at radius 3 is 2.20 bits per heavy atom. The SMILES string of the molecule is CCN1CCN(C2=C(c3ccc(C)cc3)C(=O)N(c3cc(Cl)ccc3C)C2=O)CC1. The molecule has 2 aliphatic rings. The number of piperazine rings is 1. The summed E-state index contributed by atoms with van der Waals surface area (Å²) in [7, 11) is 0. The summed E-state index contributed by atoms with van der Waals surface area (Å²) in [4.78, 5) is 32.9. The lowest BCUT2D eigenvalue weighted by Crippen LogP contribution is -2.47. The molecule has 0 saturated carbocycles. The number of carbonyl (C=O) groups is 2. The van der Waals surface area contributed by atoms with Crippen LogP contribution in [0.1, 0.15) is 23.6 Å². The van der Waals surface area contributed by atoms with Crippen molar-refractivity contribution in [3.05, 3.63) is 69.9 Å². The minimum absolute atomic E-state index is 0.272. The summed E-state index contributed by atoms with van der Waals surface area (Å²) in [5.41, 5.74) is 4.24. The molecule has 6 heteroatoms. The molecule has 0 aliphatic carbocycles. The number of benzene rings is 2. The third-order valence-electron chi connectivity index (χ3n) is 5.95. The van der Waals surface area contributed by atoms with Gasteiger partial charge in [-0.3, -0.25) is 9.59 Å². The fourth-order valence-electron chi connectivity index (χ4n) is 4.12. The number of halogens is 1. The van der Waals surface area contributed by atoms with Crippen molar-refractivity contribution in [3.8, 4) is 0 Å². The second kappa shape index (κ2) is 8.25. The van der Waals surface area contributed by atoms with Crippen molar-refractivity contribution in [3.63, 3.8) is 0 Å². The lowest BCUT2D eigenvalue weighted by atomic mass is 10.0. The summed E-state index contributed by atoms with van der Waals surface area (Å²) < 4.78 is 0. The molecule has 2 aliphatic heterocycles. The second-order valence-electron chi connectivity index (χ2n) is 7.89. The van der Waals surface area contributed by atoms with E-state index in [1.165, 1.54) is 4.90 Å². The molecule has 1 fully saturated rings. The Kier molecular flexibility index (Phi) is 5.67. The Hall–Kier alpha value is -2.63. The van der Waals surface area contributed by atoms with E-state index in [0.29, 0.717) is 22.0 Å². The number of carbonyl (C=O) groups excluding carboxylic acids is 2. The Bertz CT molecular complexity index is 1020. The fourth-order valence-corrected chi connectivity index (χ4v) is 4.29. The van der Waals surface area contributed by atoms with E-state index in [-0.39, 0.29) is 11.8 Å². The van der Waals surface area contributed by atoms with Crippen LogP contribution in [-0.2, 0) is 9.59 Å². The summed E-state index contributed by atoms with van der Waals surface area (Å²) in [6.07, 6.45) is 0. The van der Waals surface area contributed by atoms with Crippen molar-refractivity contribution in [2.24, 2.45) is 0 Å². The number of hydrogen-bond donors (Lipinski definition) is 0. The molecular weight excluding hydrogens is 398 g/mol. The average molecular weight is 424 g/mol. The third kappa shape index (κ3) is 3.64. The third-order valence-corrected chi connectivity index (χ3v) is 6.18. The van der Waals surface area contributed by atoms with Crippen LogP contribution in [0.2, 0.25) is 5.02 Å². The van der Waals surface area contributed by atoms with Crippen molar-refractivity contribution in [2.75, 3.05) is 37.6 Å². The lowest BCUT2D eigenvalue weighted by molar-refractivity contribution is -0.120. The Morgan fingerprint density at radius 1 is 0.900 bits per heavy atom. The van der Waals surface area contributed by atoms with Crippen molar-refractivity contribution < 1.29 is 9.59 Å². The molecule has 4 rings (SSSR count). The molecule has 0 atom stereocenters. The van der Waals surface area contributed by atoms with Gasteiger partial charge in [0.15, 0.2) is 0 Å². The zero-order valence-corrected chi connectivity index (χ0v) is 18.4. The zero-order valence-electron chi connectivity index (χ0n) is 17.6. The zero-order chi connectivity index (χ0) is 21.4. The van der Waals surface area contributed by atoms with Crippen LogP contribution in [0, 0.1) is 13.8 Å². The largest absolute Gasteiger partial charge is 0.364 e. The van der Waals surface area contributed by atoms with E-state index < -0.39 is 0 Å². The highest BCUT2D eigenvalue weighted by Crippen LogP contribution is 2.37. The number of anilines is 1. The molecule has 0 unspecified atom stereocenters. The molecule has 156 valence electrons. The van der Waals surface area contributed by atoms with Crippen molar-refractivity contribution >= 4 is 34.7 Å². The number of nitrogens with zero attached hydrogens (tertiary/aromatic N) is 3. The van der Waals surface area contributed by atoms with Crippen LogP contribution in [0.5, 0.6) is 0 Å². The van der Waals surface area contributed by atoms with Gasteiger partial charge in [-0.1, -0.05) is 54.4 Å². The van der Waals surface area contributed by atoms with E-state index in [4.69, 9.17) is 11.6 Å². The van der Waals surface area contributed by atoms with Crippen LogP contribution in [-0.4, -0.2) is 54.3 Å². The highest BCUT2D eigenvalue weighted by Gasteiger charge is 2.43. The molecule has 30 heavy (non-hydrogen) atoms. The topological polar surface area (TPSA) is 43.9 Å². The van der Waals surface area contributed by atoms with Crippen LogP contribution in [0.3, 0.4) is 0 Å². The first kappa shape index (κ1) is 20.6. The molecule has 0 N–H and O–H groups in total. The minimum atomic E-state index is -0.290. The van der Waals surface area contributed by atoms with Gasteiger partial charge in [-0.05, 0) is 43.7 Å². The van der Waals surface area contributed by atoms with Crippen molar-refractivity contribution in [1.29, 1.82) is 0 Å². The summed E-state index contributed by atoms with van der Waals surface area (Å²) in [5, 5.41) is 0.498. The molecule has 1 saturated heterocycles. The molecule has 0 radical (unpaired) electrons. The number of aryl methyl sites for hydroxylation is 2. The van der Waals surface area contributed by atoms with Gasteiger partial charge >= 0.3 is 0 Å². The van der Waals surface area contributed by atoms with Gasteiger partial charge in [-0.15, -0.1) is 0 Å². The van der Waals surface area contributed by atoms with Crippen molar-refractivity contribution in [1.82, 2.24) is 9.80 Å². The molecule has 2 amide bonds. The molecule has 0 bridgehead atoms. The van der Waals surface area contributed by atoms with Gasteiger partial charge in [0.05, 0.1) is 11.3 Å². The van der Waals surface area contributed by atoms with E-state index in [0.717, 1.165) is 49.4 Å². The van der Waals surface area contributed by atoms with Crippen LogP contribution in [0.25, 0.3) is 5.57 Å². The highest BCUT2D eigenvalue weighted by atomic mass is 35.5. The first-order valence-electron chi connectivity index (χ1n) is 10.3. The van der Waals surface area contributed by atoms with E-state index in [9.17, 15) is 9.59 Å². The van der Waals surface area contributed by atoms with E-state index in [1.54, 1.807) is 12.1 Å². The van der Waals surface area contributed by atoms with Gasteiger partial charge in [0.1, 0.15) is 5.70 Å². The average Bonchev–Trinajstić information content (AvgIpc) is 3.00. The highest BCUT2D eigenvalue weighted by molar-refractivity contribution is 6.45. The van der Waals surface area contributed by atoms with Crippen LogP contribution in [0.4, 0.5) is 5.69 Å². The van der Waals surface area contributed by atoms with E-state index >= 15 is 0 Å². The van der Waals surface area contributed by atoms with Crippen LogP contribution in [0.15, 0.2) is 48.2 Å². The maximum Gasteiger partial charge on any atom is 0.282 e. The van der Waals surface area contributed by atoms with Gasteiger partial charge in [-0.25, -0.2) is 4.90 Å². The van der Waals surface area contributed by atoms with Gasteiger partial charge in [0.25, 0.3) is 11.8 Å². The van der Waals surface area contributed by atoms with Crippen LogP contribution < -0.4 is 4.90 Å². The minimum Gasteiger partial charge on any atom is -0.364 e. The Labute approximate surface area is 182 Å². The standard InChI is InChI=1S/C24H26ClN3O2/c1-4-26-11-13-27(14-12-26)22-21(18-8-5-16(2)6-9-18)23(29)28(24(22)30)20-15-19(25)10-7-17(20)3/h5-10,15H,4,11-14H2,1-3H3. The Balaban J connectivity index is 1.80. The van der Waals surface area contributed by atoms with Gasteiger partial charge < -0.3 is 9.80 Å². The quantitative estimate of drug-likeness (QED) is 0.700. The summed E-state index contributed by atoms with van der Waals surface area (Å²) in [5.74, 6) is -0.562. The number of likely N-dealkylation sites (N-methyl/N-ethyl adjacent to an activating group) is 1. The Morgan fingerprint density at radius 2 is 1.57 bits per heavy atom. The number of amides is 2. The van der Waals surface area contributed by atoms with Crippen LogP contribution >= 0.6 is 11.6 Å². The second-order valence-corrected chi connectivity index (χ2v) is 8.32. The molecule has 2 aromatic carbocycles. The molecule has 5 nitrogen and oxygen atoms in total. The van der Waals surface area contributed by atoms with E-state index in [1.807, 2.05) is 44.2 Å². The fraction of sp³-hybridized carbons (Fsp3) is 0.333. The summed E-state index contributed by atoms with van der Waals surface area (Å²) >= 11 is 6.20. The van der Waals surface area contributed by atoms with Crippen molar-refractivity contribution in [2.45, 2.75) is 20.8 Å². The lowest BCUT2D eigenvalue weighted by Gasteiger charge is -2.36. The predicted molar refractivity (Wildman–Crippen MR) is 120 cm³/mol. The smallest absolute Gasteiger partial charge is 0.282 e. The monoisotopic (exact) mass is 423 g/mol. The predicted octanol–water partition coefficient (Wildman–Crippen LogP) is 3.88. The van der Waals surface area contributed by atoms with E-state index in [2.05, 4.69) is 16.7 Å². The molecular formula is C24H26ClN3O2. The summed E-state index contributed by atoms with van der Waals surface area (Å²) in [6.45, 7) is 10.2. The maximum atomic E-state index is 13.6. The summed E-state index contributed by atoms with van der Waals surface area (Å²) in [6, 6.07) is 13.1. The van der Waals surface area contributed by atoms with Gasteiger partial charge in [-0.2, -0.15) is 0 Å². The molecule has 0 spiro atoms. The maximum absolute atomic E-state index is 13.6. The normalized spacial score (nSPS) is 18.0. The first-order valence-corrected chi connectivity index (χ1v) is 10.7. The number of rotatable bonds is 4.